The molecule has 2 aromatic carbocycles. The van der Waals surface area contributed by atoms with Crippen LogP contribution in [0.25, 0.3) is 0 Å². The minimum atomic E-state index is -0.294. The molecule has 0 bridgehead atoms. The number of thiocarbonyl (C=S) groups is 1. The van der Waals surface area contributed by atoms with Gasteiger partial charge >= 0.3 is 0 Å². The molecule has 0 unspecified atom stereocenters. The van der Waals surface area contributed by atoms with Crippen molar-refractivity contribution < 1.29 is 19.0 Å². The van der Waals surface area contributed by atoms with Crippen LogP contribution in [0.15, 0.2) is 48.5 Å². The second-order valence-electron chi connectivity index (χ2n) is 6.18. The zero-order chi connectivity index (χ0) is 20.9. The fourth-order valence-corrected chi connectivity index (χ4v) is 2.62. The van der Waals surface area contributed by atoms with Crippen LogP contribution in [0.1, 0.15) is 37.0 Å². The van der Waals surface area contributed by atoms with Crippen molar-refractivity contribution in [2.45, 2.75) is 26.7 Å². The maximum absolute atomic E-state index is 12.4. The molecule has 29 heavy (non-hydrogen) atoms. The zero-order valence-corrected chi connectivity index (χ0v) is 17.7. The first-order valence-corrected chi connectivity index (χ1v) is 10.2. The van der Waals surface area contributed by atoms with Gasteiger partial charge in [-0.3, -0.25) is 10.1 Å². The fourth-order valence-electron chi connectivity index (χ4n) is 2.42. The van der Waals surface area contributed by atoms with Crippen LogP contribution in [-0.4, -0.2) is 37.4 Å². The molecule has 2 rings (SSSR count). The molecule has 0 spiro atoms. The molecule has 6 nitrogen and oxygen atoms in total. The van der Waals surface area contributed by atoms with Gasteiger partial charge in [-0.25, -0.2) is 0 Å². The normalized spacial score (nSPS) is 10.3. The van der Waals surface area contributed by atoms with Gasteiger partial charge in [0, 0.05) is 12.2 Å². The van der Waals surface area contributed by atoms with Crippen LogP contribution in [0.4, 0.5) is 5.69 Å². The fraction of sp³-hybridized carbons (Fsp3) is 0.364. The van der Waals surface area contributed by atoms with E-state index >= 15 is 0 Å². The van der Waals surface area contributed by atoms with Crippen LogP contribution in [-0.2, 0) is 4.74 Å². The first-order valence-electron chi connectivity index (χ1n) is 9.78. The first kappa shape index (κ1) is 22.6. The number of anilines is 1. The average Bonchev–Trinajstić information content (AvgIpc) is 2.73. The van der Waals surface area contributed by atoms with Crippen LogP contribution in [0, 0.1) is 0 Å². The van der Waals surface area contributed by atoms with Crippen LogP contribution < -0.4 is 20.1 Å². The maximum Gasteiger partial charge on any atom is 0.257 e. The summed E-state index contributed by atoms with van der Waals surface area (Å²) in [5, 5.41) is 5.88. The average molecular weight is 417 g/mol. The first-order chi connectivity index (χ1) is 14.1. The number of para-hydroxylation sites is 2. The molecule has 7 heteroatoms. The number of amides is 1. The van der Waals surface area contributed by atoms with Crippen LogP contribution in [0.3, 0.4) is 0 Å². The Hall–Kier alpha value is -2.64. The van der Waals surface area contributed by atoms with Crippen molar-refractivity contribution >= 4 is 28.9 Å². The van der Waals surface area contributed by atoms with E-state index < -0.39 is 0 Å². The second-order valence-corrected chi connectivity index (χ2v) is 6.58. The lowest BCUT2D eigenvalue weighted by Gasteiger charge is -2.14. The Kier molecular flexibility index (Phi) is 9.95. The van der Waals surface area contributed by atoms with Gasteiger partial charge in [0.15, 0.2) is 5.11 Å². The van der Waals surface area contributed by atoms with Crippen molar-refractivity contribution in [2.75, 3.05) is 31.7 Å². The molecule has 0 saturated heterocycles. The van der Waals surface area contributed by atoms with Gasteiger partial charge < -0.3 is 19.5 Å². The Morgan fingerprint density at radius 1 is 0.966 bits per heavy atom. The molecular formula is C22H28N2O4S. The Labute approximate surface area is 177 Å². The van der Waals surface area contributed by atoms with E-state index in [1.54, 1.807) is 24.3 Å². The largest absolute Gasteiger partial charge is 0.494 e. The molecular weight excluding hydrogens is 388 g/mol. The number of hydrogen-bond acceptors (Lipinski definition) is 5. The molecule has 156 valence electrons. The number of carbonyl (C=O) groups is 1. The minimum absolute atomic E-state index is 0.194. The van der Waals surface area contributed by atoms with Gasteiger partial charge in [0.2, 0.25) is 0 Å². The van der Waals surface area contributed by atoms with E-state index in [4.69, 9.17) is 26.4 Å². The monoisotopic (exact) mass is 416 g/mol. The highest BCUT2D eigenvalue weighted by atomic mass is 32.1. The number of hydrogen-bond donors (Lipinski definition) is 2. The minimum Gasteiger partial charge on any atom is -0.494 e. The number of ether oxygens (including phenoxy) is 3. The molecule has 0 radical (unpaired) electrons. The molecule has 2 aromatic rings. The second kappa shape index (κ2) is 12.7. The molecule has 1 amide bonds. The lowest BCUT2D eigenvalue weighted by atomic mass is 10.2. The third-order valence-corrected chi connectivity index (χ3v) is 4.14. The number of unbranched alkanes of at least 4 members (excludes halogenated alkanes) is 1. The molecule has 0 aliphatic rings. The molecule has 2 N–H and O–H groups in total. The summed E-state index contributed by atoms with van der Waals surface area (Å²) in [6, 6.07) is 14.4. The third kappa shape index (κ3) is 8.09. The predicted octanol–water partition coefficient (Wildman–Crippen LogP) is 4.41. The Morgan fingerprint density at radius 3 is 2.45 bits per heavy atom. The summed E-state index contributed by atoms with van der Waals surface area (Å²) in [6.45, 7) is 6.29. The van der Waals surface area contributed by atoms with E-state index in [2.05, 4.69) is 17.6 Å². The summed E-state index contributed by atoms with van der Waals surface area (Å²) in [4.78, 5) is 12.4. The SMILES string of the molecule is CCCCOc1ccc(C(=O)NC(=S)Nc2ccccc2OCCOCC)cc1. The number of benzene rings is 2. The summed E-state index contributed by atoms with van der Waals surface area (Å²) >= 11 is 5.27. The quantitative estimate of drug-likeness (QED) is 0.418. The Morgan fingerprint density at radius 2 is 1.72 bits per heavy atom. The van der Waals surface area contributed by atoms with Crippen LogP contribution >= 0.6 is 12.2 Å². The highest BCUT2D eigenvalue weighted by Gasteiger charge is 2.10. The van der Waals surface area contributed by atoms with Gasteiger partial charge in [0.1, 0.15) is 18.1 Å². The van der Waals surface area contributed by atoms with Gasteiger partial charge in [-0.1, -0.05) is 25.5 Å². The number of carbonyl (C=O) groups excluding carboxylic acids is 1. The smallest absolute Gasteiger partial charge is 0.257 e. The lowest BCUT2D eigenvalue weighted by molar-refractivity contribution is 0.0977. The summed E-state index contributed by atoms with van der Waals surface area (Å²) in [7, 11) is 0. The molecule has 0 atom stereocenters. The molecule has 0 aliphatic heterocycles. The van der Waals surface area contributed by atoms with E-state index in [9.17, 15) is 4.79 Å². The van der Waals surface area contributed by atoms with Crippen molar-refractivity contribution in [3.8, 4) is 11.5 Å². The Balaban J connectivity index is 1.88. The topological polar surface area (TPSA) is 68.8 Å². The zero-order valence-electron chi connectivity index (χ0n) is 16.9. The summed E-state index contributed by atoms with van der Waals surface area (Å²) in [5.41, 5.74) is 1.17. The summed E-state index contributed by atoms with van der Waals surface area (Å²) < 4.78 is 16.6. The predicted molar refractivity (Wildman–Crippen MR) is 119 cm³/mol. The van der Waals surface area contributed by atoms with Crippen molar-refractivity contribution in [3.05, 3.63) is 54.1 Å². The molecule has 0 aliphatic carbocycles. The van der Waals surface area contributed by atoms with E-state index in [1.165, 1.54) is 0 Å². The van der Waals surface area contributed by atoms with Gasteiger partial charge in [-0.05, 0) is 62.0 Å². The maximum atomic E-state index is 12.4. The number of nitrogens with one attached hydrogen (secondary N) is 2. The van der Waals surface area contributed by atoms with Gasteiger partial charge in [0.05, 0.1) is 18.9 Å². The van der Waals surface area contributed by atoms with Crippen molar-refractivity contribution in [3.63, 3.8) is 0 Å². The van der Waals surface area contributed by atoms with Crippen molar-refractivity contribution in [1.29, 1.82) is 0 Å². The molecule has 0 aromatic heterocycles. The van der Waals surface area contributed by atoms with E-state index in [1.807, 2.05) is 31.2 Å². The van der Waals surface area contributed by atoms with Crippen molar-refractivity contribution in [2.24, 2.45) is 0 Å². The molecule has 0 saturated carbocycles. The number of rotatable bonds is 11. The summed E-state index contributed by atoms with van der Waals surface area (Å²) in [6.07, 6.45) is 2.07. The standard InChI is InChI=1S/C22H28N2O4S/c1-3-5-14-27-18-12-10-17(11-13-18)21(25)24-22(29)23-19-8-6-7-9-20(19)28-16-15-26-4-2/h6-13H,3-5,14-16H2,1-2H3,(H2,23,24,25,29). The van der Waals surface area contributed by atoms with Crippen LogP contribution in [0.5, 0.6) is 11.5 Å². The van der Waals surface area contributed by atoms with E-state index in [0.29, 0.717) is 43.4 Å². The molecule has 0 heterocycles. The highest BCUT2D eigenvalue weighted by Crippen LogP contribution is 2.23. The van der Waals surface area contributed by atoms with Gasteiger partial charge in [0.25, 0.3) is 5.91 Å². The lowest BCUT2D eigenvalue weighted by Crippen LogP contribution is -2.34. The molecule has 0 fully saturated rings. The van der Waals surface area contributed by atoms with Crippen LogP contribution in [0.2, 0.25) is 0 Å². The third-order valence-electron chi connectivity index (χ3n) is 3.93. The van der Waals surface area contributed by atoms with E-state index in [-0.39, 0.29) is 11.0 Å². The van der Waals surface area contributed by atoms with E-state index in [0.717, 1.165) is 18.6 Å². The summed E-state index contributed by atoms with van der Waals surface area (Å²) in [5.74, 6) is 1.09. The van der Waals surface area contributed by atoms with Gasteiger partial charge in [-0.2, -0.15) is 0 Å². The van der Waals surface area contributed by atoms with Gasteiger partial charge in [-0.15, -0.1) is 0 Å². The Bertz CT molecular complexity index is 781. The highest BCUT2D eigenvalue weighted by molar-refractivity contribution is 7.80. The van der Waals surface area contributed by atoms with Crippen molar-refractivity contribution in [1.82, 2.24) is 5.32 Å².